The number of hydrogen-bond donors (Lipinski definition) is 1. The molecule has 1 heterocycles. The summed E-state index contributed by atoms with van der Waals surface area (Å²) in [6, 6.07) is 18.4. The van der Waals surface area contributed by atoms with Crippen LogP contribution in [0.3, 0.4) is 0 Å². The molecular weight excluding hydrogens is 292 g/mol. The molecule has 23 heavy (non-hydrogen) atoms. The van der Waals surface area contributed by atoms with E-state index >= 15 is 0 Å². The molecule has 0 fully saturated rings. The maximum Gasteiger partial charge on any atom is 0.338 e. The molecule has 0 aliphatic heterocycles. The van der Waals surface area contributed by atoms with Gasteiger partial charge in [0.25, 0.3) is 0 Å². The minimum Gasteiger partial charge on any atom is -0.460 e. The van der Waals surface area contributed by atoms with Crippen LogP contribution in [0.1, 0.15) is 10.4 Å². The molecule has 1 aromatic heterocycles. The summed E-state index contributed by atoms with van der Waals surface area (Å²) in [6.07, 6.45) is 1.73. The molecule has 5 nitrogen and oxygen atoms in total. The third-order valence-corrected chi connectivity index (χ3v) is 3.45. The van der Waals surface area contributed by atoms with Gasteiger partial charge < -0.3 is 9.72 Å². The first kappa shape index (κ1) is 14.8. The summed E-state index contributed by atoms with van der Waals surface area (Å²) in [6.45, 7) is 0.445. The Morgan fingerprint density at radius 3 is 2.35 bits per heavy atom. The molecule has 116 valence electrons. The number of aromatic nitrogens is 2. The maximum absolute atomic E-state index is 11.9. The highest BCUT2D eigenvalue weighted by Gasteiger charge is 2.08. The molecule has 0 saturated carbocycles. The number of rotatable bonds is 5. The second kappa shape index (κ2) is 6.79. The van der Waals surface area contributed by atoms with E-state index in [1.54, 1.807) is 30.5 Å². The van der Waals surface area contributed by atoms with E-state index in [1.165, 1.54) is 4.57 Å². The zero-order valence-corrected chi connectivity index (χ0v) is 12.4. The average molecular weight is 308 g/mol. The Balaban J connectivity index is 1.62. The van der Waals surface area contributed by atoms with Gasteiger partial charge in [-0.2, -0.15) is 0 Å². The van der Waals surface area contributed by atoms with E-state index in [9.17, 15) is 9.59 Å². The zero-order chi connectivity index (χ0) is 16.1. The van der Waals surface area contributed by atoms with Crippen molar-refractivity contribution in [2.24, 2.45) is 0 Å². The van der Waals surface area contributed by atoms with Gasteiger partial charge >= 0.3 is 11.7 Å². The first-order chi connectivity index (χ1) is 11.2. The fourth-order valence-electron chi connectivity index (χ4n) is 2.26. The third kappa shape index (κ3) is 3.58. The van der Waals surface area contributed by atoms with Crippen LogP contribution < -0.4 is 5.69 Å². The van der Waals surface area contributed by atoms with E-state index in [2.05, 4.69) is 4.98 Å². The predicted octanol–water partition coefficient (Wildman–Crippen LogP) is 2.70. The number of carbonyl (C=O) groups excluding carboxylic acids is 1. The van der Waals surface area contributed by atoms with Gasteiger partial charge in [0.05, 0.1) is 17.8 Å². The monoisotopic (exact) mass is 308 g/mol. The minimum absolute atomic E-state index is 0.139. The number of nitrogens with one attached hydrogen (secondary N) is 1. The fourth-order valence-corrected chi connectivity index (χ4v) is 2.26. The molecule has 2 aromatic carbocycles. The lowest BCUT2D eigenvalue weighted by molar-refractivity contribution is 0.0490. The molecule has 0 aliphatic carbocycles. The predicted molar refractivity (Wildman–Crippen MR) is 87.2 cm³/mol. The lowest BCUT2D eigenvalue weighted by atomic mass is 10.2. The van der Waals surface area contributed by atoms with Crippen LogP contribution in [0.5, 0.6) is 0 Å². The van der Waals surface area contributed by atoms with Gasteiger partial charge in [-0.1, -0.05) is 48.5 Å². The normalized spacial score (nSPS) is 10.4. The first-order valence-corrected chi connectivity index (χ1v) is 7.31. The van der Waals surface area contributed by atoms with Gasteiger partial charge in [0.2, 0.25) is 0 Å². The van der Waals surface area contributed by atoms with Crippen LogP contribution >= 0.6 is 0 Å². The average Bonchev–Trinajstić information content (AvgIpc) is 2.97. The van der Waals surface area contributed by atoms with Gasteiger partial charge in [0.15, 0.2) is 0 Å². The van der Waals surface area contributed by atoms with Crippen molar-refractivity contribution in [3.63, 3.8) is 0 Å². The van der Waals surface area contributed by atoms with Crippen molar-refractivity contribution in [1.82, 2.24) is 9.55 Å². The molecule has 0 saturated heterocycles. The Hall–Kier alpha value is -3.08. The Kier molecular flexibility index (Phi) is 4.38. The Morgan fingerprint density at radius 2 is 1.65 bits per heavy atom. The van der Waals surface area contributed by atoms with Crippen LogP contribution in [0, 0.1) is 0 Å². The smallest absolute Gasteiger partial charge is 0.338 e. The van der Waals surface area contributed by atoms with E-state index in [0.29, 0.717) is 12.1 Å². The topological polar surface area (TPSA) is 64.1 Å². The zero-order valence-electron chi connectivity index (χ0n) is 12.4. The van der Waals surface area contributed by atoms with Crippen molar-refractivity contribution in [2.75, 3.05) is 6.61 Å². The molecular formula is C18H16N2O3. The molecule has 0 atom stereocenters. The van der Waals surface area contributed by atoms with Crippen LogP contribution in [-0.2, 0) is 11.3 Å². The van der Waals surface area contributed by atoms with Crippen LogP contribution in [0.2, 0.25) is 0 Å². The maximum atomic E-state index is 11.9. The van der Waals surface area contributed by atoms with Gasteiger partial charge in [-0.3, -0.25) is 4.57 Å². The van der Waals surface area contributed by atoms with Crippen LogP contribution in [0.4, 0.5) is 0 Å². The molecule has 0 spiro atoms. The number of aromatic amines is 1. The van der Waals surface area contributed by atoms with Gasteiger partial charge in [0.1, 0.15) is 6.61 Å². The number of benzene rings is 2. The summed E-state index contributed by atoms with van der Waals surface area (Å²) >= 11 is 0. The summed E-state index contributed by atoms with van der Waals surface area (Å²) in [7, 11) is 0. The molecule has 5 heteroatoms. The van der Waals surface area contributed by atoms with Gasteiger partial charge in [0, 0.05) is 6.20 Å². The van der Waals surface area contributed by atoms with Gasteiger partial charge in [-0.25, -0.2) is 9.59 Å². The van der Waals surface area contributed by atoms with Crippen molar-refractivity contribution >= 4 is 5.97 Å². The second-order valence-corrected chi connectivity index (χ2v) is 5.03. The summed E-state index contributed by atoms with van der Waals surface area (Å²) in [5, 5.41) is 0. The first-order valence-electron chi connectivity index (χ1n) is 7.31. The van der Waals surface area contributed by atoms with E-state index in [0.717, 1.165) is 11.3 Å². The Morgan fingerprint density at radius 1 is 1.00 bits per heavy atom. The number of ether oxygens (including phenoxy) is 1. The van der Waals surface area contributed by atoms with E-state index in [4.69, 9.17) is 4.74 Å². The largest absolute Gasteiger partial charge is 0.460 e. The second-order valence-electron chi connectivity index (χ2n) is 5.03. The van der Waals surface area contributed by atoms with E-state index in [1.807, 2.05) is 36.4 Å². The number of hydrogen-bond acceptors (Lipinski definition) is 3. The molecule has 0 aliphatic rings. The van der Waals surface area contributed by atoms with Crippen molar-refractivity contribution in [3.8, 4) is 11.3 Å². The summed E-state index contributed by atoms with van der Waals surface area (Å²) < 4.78 is 6.69. The summed E-state index contributed by atoms with van der Waals surface area (Å²) in [5.41, 5.74) is 1.95. The molecule has 0 bridgehead atoms. The van der Waals surface area contributed by atoms with E-state index in [-0.39, 0.29) is 12.3 Å². The lowest BCUT2D eigenvalue weighted by Gasteiger charge is -2.04. The van der Waals surface area contributed by atoms with E-state index < -0.39 is 5.97 Å². The highest BCUT2D eigenvalue weighted by atomic mass is 16.5. The SMILES string of the molecule is O=C(OCCn1cc(-c2ccccc2)[nH]c1=O)c1ccccc1. The highest BCUT2D eigenvalue weighted by Crippen LogP contribution is 2.14. The molecule has 3 aromatic rings. The van der Waals surface area contributed by atoms with Crippen molar-refractivity contribution in [2.45, 2.75) is 6.54 Å². The van der Waals surface area contributed by atoms with Crippen LogP contribution in [0.25, 0.3) is 11.3 Å². The van der Waals surface area contributed by atoms with Gasteiger partial charge in [-0.05, 0) is 17.7 Å². The molecule has 1 N–H and O–H groups in total. The van der Waals surface area contributed by atoms with Crippen LogP contribution in [-0.4, -0.2) is 22.1 Å². The highest BCUT2D eigenvalue weighted by molar-refractivity contribution is 5.89. The third-order valence-electron chi connectivity index (χ3n) is 3.45. The van der Waals surface area contributed by atoms with Gasteiger partial charge in [-0.15, -0.1) is 0 Å². The number of H-pyrrole nitrogens is 1. The standard InChI is InChI=1S/C18H16N2O3/c21-17(15-9-5-2-6-10-15)23-12-11-20-13-16(19-18(20)22)14-7-3-1-4-8-14/h1-10,13H,11-12H2,(H,19,22). The minimum atomic E-state index is -0.391. The Labute approximate surface area is 133 Å². The molecule has 3 rings (SSSR count). The number of imidazole rings is 1. The molecule has 0 amide bonds. The van der Waals surface area contributed by atoms with Crippen molar-refractivity contribution < 1.29 is 9.53 Å². The molecule has 0 unspecified atom stereocenters. The fraction of sp³-hybridized carbons (Fsp3) is 0.111. The number of nitrogens with zero attached hydrogens (tertiary/aromatic N) is 1. The van der Waals surface area contributed by atoms with Crippen LogP contribution in [0.15, 0.2) is 71.7 Å². The summed E-state index contributed by atoms with van der Waals surface area (Å²) in [5.74, 6) is -0.391. The molecule has 0 radical (unpaired) electrons. The quantitative estimate of drug-likeness (QED) is 0.737. The number of carbonyl (C=O) groups is 1. The number of esters is 1. The van der Waals surface area contributed by atoms with Crippen molar-refractivity contribution in [1.29, 1.82) is 0 Å². The Bertz CT molecular complexity index is 835. The lowest BCUT2D eigenvalue weighted by Crippen LogP contribution is -2.20. The summed E-state index contributed by atoms with van der Waals surface area (Å²) in [4.78, 5) is 26.6. The van der Waals surface area contributed by atoms with Crippen molar-refractivity contribution in [3.05, 3.63) is 82.9 Å².